The maximum Gasteiger partial charge on any atom is 0.227 e. The largest absolute Gasteiger partial charge is 0.491 e. The molecule has 10 nitrogen and oxygen atoms in total. The van der Waals surface area contributed by atoms with E-state index in [1.807, 2.05) is 30.6 Å². The minimum absolute atomic E-state index is 0.264. The molecule has 2 N–H and O–H groups in total. The third-order valence-electron chi connectivity index (χ3n) is 6.85. The Balaban J connectivity index is 1.12. The van der Waals surface area contributed by atoms with Crippen LogP contribution < -0.4 is 25.2 Å². The molecule has 5 rings (SSSR count). The quantitative estimate of drug-likeness (QED) is 0.352. The summed E-state index contributed by atoms with van der Waals surface area (Å²) in [6.45, 7) is 11.1. The number of methoxy groups -OCH3 is 1. The number of aromatic nitrogens is 4. The van der Waals surface area contributed by atoms with Crippen LogP contribution in [-0.4, -0.2) is 79.1 Å². The van der Waals surface area contributed by atoms with Crippen LogP contribution in [0.3, 0.4) is 0 Å². The van der Waals surface area contributed by atoms with Gasteiger partial charge in [0.05, 0.1) is 44.1 Å². The molecule has 35 heavy (non-hydrogen) atoms. The minimum Gasteiger partial charge on any atom is -0.491 e. The molecule has 0 amide bonds. The van der Waals surface area contributed by atoms with E-state index in [1.54, 1.807) is 13.3 Å². The van der Waals surface area contributed by atoms with Gasteiger partial charge in [0.15, 0.2) is 11.6 Å². The van der Waals surface area contributed by atoms with Gasteiger partial charge >= 0.3 is 0 Å². The summed E-state index contributed by atoms with van der Waals surface area (Å²) >= 11 is 0. The van der Waals surface area contributed by atoms with Crippen LogP contribution in [0.2, 0.25) is 0 Å². The van der Waals surface area contributed by atoms with E-state index < -0.39 is 0 Å². The van der Waals surface area contributed by atoms with Crippen LogP contribution >= 0.6 is 0 Å². The number of nitrogens with zero attached hydrogens (tertiary/aromatic N) is 6. The molecule has 0 atom stereocenters. The Morgan fingerprint density at radius 3 is 2.86 bits per heavy atom. The summed E-state index contributed by atoms with van der Waals surface area (Å²) in [5, 5.41) is 6.95. The number of anilines is 2. The Kier molecular flexibility index (Phi) is 7.03. The van der Waals surface area contributed by atoms with Gasteiger partial charge in [0, 0.05) is 44.8 Å². The third kappa shape index (κ3) is 5.19. The van der Waals surface area contributed by atoms with Gasteiger partial charge in [-0.1, -0.05) is 6.07 Å². The van der Waals surface area contributed by atoms with Gasteiger partial charge in [0.25, 0.3) is 0 Å². The maximum absolute atomic E-state index is 6.01. The van der Waals surface area contributed by atoms with Gasteiger partial charge in [-0.15, -0.1) is 0 Å². The fraction of sp³-hybridized carbons (Fsp3) is 0.560. The highest BCUT2D eigenvalue weighted by Crippen LogP contribution is 2.32. The lowest BCUT2D eigenvalue weighted by Gasteiger charge is -2.40. The normalized spacial score (nSPS) is 17.5. The number of fused-ring (bicyclic) bond motifs is 1. The molecule has 0 radical (unpaired) electrons. The molecule has 2 fully saturated rings. The fourth-order valence-corrected chi connectivity index (χ4v) is 4.71. The van der Waals surface area contributed by atoms with Gasteiger partial charge in [-0.2, -0.15) is 4.98 Å². The number of hydrogen-bond acceptors (Lipinski definition) is 9. The highest BCUT2D eigenvalue weighted by Gasteiger charge is 2.31. The lowest BCUT2D eigenvalue weighted by Crippen LogP contribution is -2.50. The molecular weight excluding hydrogens is 444 g/mol. The van der Waals surface area contributed by atoms with Crippen molar-refractivity contribution in [2.45, 2.75) is 25.8 Å². The number of ether oxygens (including phenoxy) is 2. The first-order chi connectivity index (χ1) is 17.0. The second-order valence-electron chi connectivity index (χ2n) is 9.81. The van der Waals surface area contributed by atoms with Crippen molar-refractivity contribution in [1.29, 1.82) is 0 Å². The van der Waals surface area contributed by atoms with E-state index in [4.69, 9.17) is 14.5 Å². The van der Waals surface area contributed by atoms with Gasteiger partial charge in [0.2, 0.25) is 5.95 Å². The Morgan fingerprint density at radius 1 is 1.11 bits per heavy atom. The van der Waals surface area contributed by atoms with Crippen molar-refractivity contribution >= 4 is 17.4 Å². The highest BCUT2D eigenvalue weighted by molar-refractivity contribution is 5.56. The Morgan fingerprint density at radius 2 is 2.00 bits per heavy atom. The van der Waals surface area contributed by atoms with Crippen LogP contribution in [0, 0.1) is 5.92 Å². The van der Waals surface area contributed by atoms with E-state index in [0.29, 0.717) is 19.3 Å². The monoisotopic (exact) mass is 480 g/mol. The Labute approximate surface area is 206 Å². The second kappa shape index (κ2) is 10.3. The Hall–Kier alpha value is -2.95. The third-order valence-corrected chi connectivity index (χ3v) is 6.85. The molecule has 5 heterocycles. The van der Waals surface area contributed by atoms with Crippen LogP contribution in [-0.2, 0) is 10.3 Å². The molecule has 3 aromatic rings. The van der Waals surface area contributed by atoms with Gasteiger partial charge < -0.3 is 29.0 Å². The number of hydrogen-bond donors (Lipinski definition) is 2. The average molecular weight is 481 g/mol. The van der Waals surface area contributed by atoms with Gasteiger partial charge in [-0.25, -0.2) is 9.97 Å². The van der Waals surface area contributed by atoms with E-state index in [9.17, 15) is 0 Å². The number of rotatable bonds is 9. The molecule has 0 aliphatic carbocycles. The molecule has 2 aliphatic rings. The van der Waals surface area contributed by atoms with Crippen LogP contribution in [0.4, 0.5) is 11.8 Å². The maximum atomic E-state index is 6.01. The van der Waals surface area contributed by atoms with Crippen molar-refractivity contribution in [2.24, 2.45) is 5.92 Å². The molecule has 3 aromatic heterocycles. The van der Waals surface area contributed by atoms with E-state index in [0.717, 1.165) is 74.5 Å². The summed E-state index contributed by atoms with van der Waals surface area (Å²) in [7, 11) is 1.68. The van der Waals surface area contributed by atoms with Crippen molar-refractivity contribution in [1.82, 2.24) is 30.0 Å². The molecule has 0 spiro atoms. The molecule has 0 unspecified atom stereocenters. The highest BCUT2D eigenvalue weighted by atomic mass is 16.5. The summed E-state index contributed by atoms with van der Waals surface area (Å²) < 4.78 is 13.7. The number of pyridine rings is 1. The number of imidazole rings is 1. The summed E-state index contributed by atoms with van der Waals surface area (Å²) in [6.07, 6.45) is 6.86. The lowest BCUT2D eigenvalue weighted by molar-refractivity contribution is 0.0596. The zero-order chi connectivity index (χ0) is 24.3. The SMILES string of the molecule is COc1cnc(N2CCCNCC2)nc1N1CC(COCNC(C)(C)c2cnc3ccccn23)C1. The van der Waals surface area contributed by atoms with Crippen molar-refractivity contribution < 1.29 is 9.47 Å². The summed E-state index contributed by atoms with van der Waals surface area (Å²) in [5.41, 5.74) is 1.79. The average Bonchev–Trinajstić information content (AvgIpc) is 3.10. The molecule has 2 aliphatic heterocycles. The van der Waals surface area contributed by atoms with Crippen molar-refractivity contribution in [3.8, 4) is 5.75 Å². The molecule has 0 bridgehead atoms. The first-order valence-corrected chi connectivity index (χ1v) is 12.4. The van der Waals surface area contributed by atoms with Gasteiger partial charge in [-0.3, -0.25) is 5.32 Å². The zero-order valence-corrected chi connectivity index (χ0v) is 20.9. The molecule has 2 saturated heterocycles. The van der Waals surface area contributed by atoms with Crippen molar-refractivity contribution in [2.75, 3.05) is 69.5 Å². The predicted molar refractivity (Wildman–Crippen MR) is 136 cm³/mol. The molecule has 0 saturated carbocycles. The Bertz CT molecular complexity index is 1120. The van der Waals surface area contributed by atoms with Crippen LogP contribution in [0.25, 0.3) is 5.65 Å². The van der Waals surface area contributed by atoms with Crippen molar-refractivity contribution in [3.05, 3.63) is 42.5 Å². The van der Waals surface area contributed by atoms with Crippen LogP contribution in [0.15, 0.2) is 36.8 Å². The summed E-state index contributed by atoms with van der Waals surface area (Å²) in [6, 6.07) is 6.04. The van der Waals surface area contributed by atoms with E-state index >= 15 is 0 Å². The molecule has 0 aromatic carbocycles. The topological polar surface area (TPSA) is 92.1 Å². The van der Waals surface area contributed by atoms with Gasteiger partial charge in [0.1, 0.15) is 5.65 Å². The lowest BCUT2D eigenvalue weighted by atomic mass is 10.0. The van der Waals surface area contributed by atoms with E-state index in [2.05, 4.69) is 48.6 Å². The van der Waals surface area contributed by atoms with E-state index in [-0.39, 0.29) is 5.54 Å². The first-order valence-electron chi connectivity index (χ1n) is 12.4. The fourth-order valence-electron chi connectivity index (χ4n) is 4.71. The zero-order valence-electron chi connectivity index (χ0n) is 20.9. The van der Waals surface area contributed by atoms with Gasteiger partial charge in [-0.05, 0) is 38.9 Å². The predicted octanol–water partition coefficient (Wildman–Crippen LogP) is 1.87. The first kappa shape index (κ1) is 23.8. The van der Waals surface area contributed by atoms with Crippen molar-refractivity contribution in [3.63, 3.8) is 0 Å². The van der Waals surface area contributed by atoms with Crippen LogP contribution in [0.5, 0.6) is 5.75 Å². The smallest absolute Gasteiger partial charge is 0.227 e. The van der Waals surface area contributed by atoms with Crippen LogP contribution in [0.1, 0.15) is 26.0 Å². The summed E-state index contributed by atoms with van der Waals surface area (Å²) in [5.74, 6) is 2.83. The summed E-state index contributed by atoms with van der Waals surface area (Å²) in [4.78, 5) is 18.4. The van der Waals surface area contributed by atoms with E-state index in [1.165, 1.54) is 0 Å². The minimum atomic E-state index is -0.264. The standard InChI is InChI=1S/C25H36N8O2/c1-25(2,21-14-27-22-7-4-5-11-33(21)22)29-18-35-17-19-15-32(16-19)23-20(34-3)13-28-24(30-23)31-10-6-8-26-9-12-31/h4-5,7,11,13-14,19,26,29H,6,8-10,12,15-18H2,1-3H3. The molecule has 188 valence electrons. The molecule has 10 heteroatoms. The number of nitrogens with one attached hydrogen (secondary N) is 2. The second-order valence-corrected chi connectivity index (χ2v) is 9.81. The molecular formula is C25H36N8O2.